The molecule has 2 aromatic carbocycles. The number of piperazine rings is 1. The Labute approximate surface area is 205 Å². The number of rotatable bonds is 3. The zero-order valence-corrected chi connectivity index (χ0v) is 19.9. The van der Waals surface area contributed by atoms with Gasteiger partial charge in [-0.2, -0.15) is 10.1 Å². The van der Waals surface area contributed by atoms with E-state index in [1.807, 2.05) is 30.0 Å². The van der Waals surface area contributed by atoms with Crippen molar-refractivity contribution < 1.29 is 9.53 Å². The molecule has 1 fully saturated rings. The Bertz CT molecular complexity index is 1580. The van der Waals surface area contributed by atoms with Gasteiger partial charge in [-0.15, -0.1) is 0 Å². The molecule has 4 heterocycles. The molecule has 6 rings (SSSR count). The zero-order chi connectivity index (χ0) is 24.3. The van der Waals surface area contributed by atoms with E-state index in [1.54, 1.807) is 15.7 Å². The van der Waals surface area contributed by atoms with Gasteiger partial charge in [0.2, 0.25) is 5.91 Å². The van der Waals surface area contributed by atoms with E-state index in [2.05, 4.69) is 21.8 Å². The van der Waals surface area contributed by atoms with Gasteiger partial charge in [-0.25, -0.2) is 4.79 Å². The summed E-state index contributed by atoms with van der Waals surface area (Å²) in [5.41, 5.74) is 3.95. The first kappa shape index (κ1) is 21.7. The molecule has 2 aromatic heterocycles. The van der Waals surface area contributed by atoms with E-state index in [0.29, 0.717) is 61.4 Å². The van der Waals surface area contributed by atoms with E-state index in [-0.39, 0.29) is 11.6 Å². The average molecular weight is 491 g/mol. The van der Waals surface area contributed by atoms with Gasteiger partial charge in [0.15, 0.2) is 5.75 Å². The molecule has 0 aliphatic carbocycles. The standard InChI is InChI=1S/C25H23ClN6O3/c1-3-19(33)30-6-8-31(9-7-30)24-15-12-17(26)21(20-14(2)4-5-18-16(20)13-27-29-18)23-22(15)32(10-11-35-23)25(34)28-24/h3-5,12-13H,1,6-11H2,2H3,(H,27,29). The molecule has 0 unspecified atom stereocenters. The number of fused-ring (bicyclic) bond motifs is 1. The molecule has 0 saturated carbocycles. The lowest BCUT2D eigenvalue weighted by atomic mass is 9.94. The third kappa shape index (κ3) is 3.30. The number of aromatic nitrogens is 4. The number of anilines is 1. The van der Waals surface area contributed by atoms with Gasteiger partial charge in [0.1, 0.15) is 12.4 Å². The number of benzene rings is 2. The molecule has 0 atom stereocenters. The number of halogens is 1. The van der Waals surface area contributed by atoms with Crippen molar-refractivity contribution in [3.8, 4) is 16.9 Å². The number of hydrogen-bond donors (Lipinski definition) is 1. The highest BCUT2D eigenvalue weighted by Crippen LogP contribution is 2.47. The van der Waals surface area contributed by atoms with E-state index in [0.717, 1.165) is 33.0 Å². The number of ether oxygens (including phenoxy) is 1. The van der Waals surface area contributed by atoms with Crippen LogP contribution in [0.4, 0.5) is 5.82 Å². The number of nitrogens with one attached hydrogen (secondary N) is 1. The Balaban J connectivity index is 1.57. The van der Waals surface area contributed by atoms with Crippen LogP contribution in [0, 0.1) is 6.92 Å². The summed E-state index contributed by atoms with van der Waals surface area (Å²) in [6.07, 6.45) is 3.10. The lowest BCUT2D eigenvalue weighted by molar-refractivity contribution is -0.126. The summed E-state index contributed by atoms with van der Waals surface area (Å²) in [4.78, 5) is 33.4. The predicted octanol–water partition coefficient (Wildman–Crippen LogP) is 3.13. The van der Waals surface area contributed by atoms with E-state index in [1.165, 1.54) is 6.08 Å². The van der Waals surface area contributed by atoms with Crippen molar-refractivity contribution >= 4 is 45.1 Å². The molecule has 35 heavy (non-hydrogen) atoms. The Hall–Kier alpha value is -3.85. The third-order valence-corrected chi connectivity index (χ3v) is 7.16. The van der Waals surface area contributed by atoms with Crippen molar-refractivity contribution in [3.05, 3.63) is 58.1 Å². The summed E-state index contributed by atoms with van der Waals surface area (Å²) in [5, 5.41) is 9.43. The first-order chi connectivity index (χ1) is 17.0. The second-order valence-electron chi connectivity index (χ2n) is 8.78. The molecular formula is C25H23ClN6O3. The summed E-state index contributed by atoms with van der Waals surface area (Å²) in [7, 11) is 0. The van der Waals surface area contributed by atoms with Crippen molar-refractivity contribution in [2.24, 2.45) is 0 Å². The molecule has 1 saturated heterocycles. The second-order valence-corrected chi connectivity index (χ2v) is 9.19. The van der Waals surface area contributed by atoms with Crippen LogP contribution in [0.5, 0.6) is 5.75 Å². The van der Waals surface area contributed by atoms with Gasteiger partial charge < -0.3 is 14.5 Å². The SMILES string of the molecule is C=CC(=O)N1CCN(c2nc(=O)n3c4c(c(-c5c(C)ccc6[nH]ncc56)c(Cl)cc24)OCC3)CC1. The Morgan fingerprint density at radius 3 is 2.74 bits per heavy atom. The minimum atomic E-state index is -0.326. The summed E-state index contributed by atoms with van der Waals surface area (Å²) in [6, 6.07) is 5.88. The monoisotopic (exact) mass is 490 g/mol. The van der Waals surface area contributed by atoms with Crippen LogP contribution < -0.4 is 15.3 Å². The van der Waals surface area contributed by atoms with Gasteiger partial charge in [-0.05, 0) is 30.7 Å². The molecule has 10 heteroatoms. The first-order valence-corrected chi connectivity index (χ1v) is 11.8. The molecule has 0 spiro atoms. The number of nitrogens with zero attached hydrogens (tertiary/aromatic N) is 5. The van der Waals surface area contributed by atoms with Gasteiger partial charge in [-0.3, -0.25) is 14.5 Å². The van der Waals surface area contributed by atoms with Crippen LogP contribution in [-0.4, -0.2) is 63.3 Å². The van der Waals surface area contributed by atoms with Gasteiger partial charge in [0, 0.05) is 48.1 Å². The highest BCUT2D eigenvalue weighted by Gasteiger charge is 2.29. The minimum absolute atomic E-state index is 0.0977. The molecule has 0 radical (unpaired) electrons. The summed E-state index contributed by atoms with van der Waals surface area (Å²) < 4.78 is 7.88. The number of carbonyl (C=O) groups is 1. The van der Waals surface area contributed by atoms with Crippen molar-refractivity contribution in [1.29, 1.82) is 0 Å². The molecule has 4 aromatic rings. The molecule has 1 amide bonds. The van der Waals surface area contributed by atoms with Crippen LogP contribution in [0.25, 0.3) is 32.9 Å². The number of hydrogen-bond acceptors (Lipinski definition) is 6. The Morgan fingerprint density at radius 2 is 1.97 bits per heavy atom. The van der Waals surface area contributed by atoms with Gasteiger partial charge >= 0.3 is 5.69 Å². The lowest BCUT2D eigenvalue weighted by Crippen LogP contribution is -2.49. The number of amides is 1. The number of aryl methyl sites for hydroxylation is 1. The highest BCUT2D eigenvalue weighted by atomic mass is 35.5. The molecule has 9 nitrogen and oxygen atoms in total. The fourth-order valence-corrected chi connectivity index (χ4v) is 5.44. The summed E-state index contributed by atoms with van der Waals surface area (Å²) in [6.45, 7) is 8.49. The van der Waals surface area contributed by atoms with Crippen LogP contribution in [0.2, 0.25) is 5.02 Å². The van der Waals surface area contributed by atoms with Crippen molar-refractivity contribution in [1.82, 2.24) is 24.6 Å². The molecule has 2 aliphatic heterocycles. The molecule has 0 bridgehead atoms. The van der Waals surface area contributed by atoms with Crippen LogP contribution >= 0.6 is 11.6 Å². The maximum atomic E-state index is 13.1. The van der Waals surface area contributed by atoms with E-state index >= 15 is 0 Å². The molecule has 2 aliphatic rings. The van der Waals surface area contributed by atoms with Gasteiger partial charge in [-0.1, -0.05) is 24.2 Å². The minimum Gasteiger partial charge on any atom is -0.489 e. The molecule has 1 N–H and O–H groups in total. The largest absolute Gasteiger partial charge is 0.489 e. The van der Waals surface area contributed by atoms with Gasteiger partial charge in [0.05, 0.1) is 28.8 Å². The van der Waals surface area contributed by atoms with Crippen molar-refractivity contribution in [3.63, 3.8) is 0 Å². The van der Waals surface area contributed by atoms with E-state index in [9.17, 15) is 9.59 Å². The van der Waals surface area contributed by atoms with Crippen LogP contribution in [-0.2, 0) is 11.3 Å². The maximum absolute atomic E-state index is 13.1. The fourth-order valence-electron chi connectivity index (χ4n) is 5.15. The topological polar surface area (TPSA) is 96.4 Å². The van der Waals surface area contributed by atoms with Crippen LogP contribution in [0.15, 0.2) is 41.8 Å². The number of H-pyrrole nitrogens is 1. The highest BCUT2D eigenvalue weighted by molar-refractivity contribution is 6.35. The van der Waals surface area contributed by atoms with E-state index in [4.69, 9.17) is 16.3 Å². The Kier molecular flexibility index (Phi) is 5.03. The normalized spacial score (nSPS) is 15.5. The maximum Gasteiger partial charge on any atom is 0.350 e. The average Bonchev–Trinajstić information content (AvgIpc) is 3.35. The quantitative estimate of drug-likeness (QED) is 0.443. The molecule has 178 valence electrons. The Morgan fingerprint density at radius 1 is 1.17 bits per heavy atom. The third-order valence-electron chi connectivity index (χ3n) is 6.86. The van der Waals surface area contributed by atoms with E-state index < -0.39 is 0 Å². The van der Waals surface area contributed by atoms with Crippen LogP contribution in [0.3, 0.4) is 0 Å². The fraction of sp³-hybridized carbons (Fsp3) is 0.280. The first-order valence-electron chi connectivity index (χ1n) is 11.5. The lowest BCUT2D eigenvalue weighted by Gasteiger charge is -2.36. The number of carbonyl (C=O) groups excluding carboxylic acids is 1. The zero-order valence-electron chi connectivity index (χ0n) is 19.2. The van der Waals surface area contributed by atoms with Crippen LogP contribution in [0.1, 0.15) is 5.56 Å². The summed E-state index contributed by atoms with van der Waals surface area (Å²) in [5.74, 6) is 1.04. The van der Waals surface area contributed by atoms with Crippen molar-refractivity contribution in [2.45, 2.75) is 13.5 Å². The molecular weight excluding hydrogens is 468 g/mol. The van der Waals surface area contributed by atoms with Gasteiger partial charge in [0.25, 0.3) is 0 Å². The smallest absolute Gasteiger partial charge is 0.350 e. The van der Waals surface area contributed by atoms with Crippen molar-refractivity contribution in [2.75, 3.05) is 37.7 Å². The second kappa shape index (κ2) is 8.13. The summed E-state index contributed by atoms with van der Waals surface area (Å²) >= 11 is 6.96. The number of aromatic amines is 1. The predicted molar refractivity (Wildman–Crippen MR) is 135 cm³/mol.